The summed E-state index contributed by atoms with van der Waals surface area (Å²) in [5.41, 5.74) is 3.44. The lowest BCUT2D eigenvalue weighted by Crippen LogP contribution is -1.99. The Hall–Kier alpha value is -3.28. The molecule has 0 aliphatic carbocycles. The first kappa shape index (κ1) is 16.7. The molecule has 0 atom stereocenters. The van der Waals surface area contributed by atoms with Crippen molar-refractivity contribution in [3.05, 3.63) is 84.9 Å². The fourth-order valence-corrected chi connectivity index (χ4v) is 5.46. The number of thiophene rings is 1. The highest BCUT2D eigenvalue weighted by molar-refractivity contribution is 7.26. The van der Waals surface area contributed by atoms with Gasteiger partial charge in [-0.05, 0) is 36.4 Å². The highest BCUT2D eigenvalue weighted by Crippen LogP contribution is 2.41. The van der Waals surface area contributed by atoms with Crippen LogP contribution in [0.4, 0.5) is 0 Å². The van der Waals surface area contributed by atoms with Gasteiger partial charge in [-0.25, -0.2) is 0 Å². The van der Waals surface area contributed by atoms with Gasteiger partial charge in [-0.3, -0.25) is 0 Å². The molecule has 2 aromatic heterocycles. The summed E-state index contributed by atoms with van der Waals surface area (Å²) in [6, 6.07) is 29.4. The van der Waals surface area contributed by atoms with Gasteiger partial charge in [0.25, 0.3) is 0 Å². The third-order valence-electron chi connectivity index (χ3n) is 5.46. The Morgan fingerprint density at radius 1 is 0.724 bits per heavy atom. The second kappa shape index (κ2) is 6.37. The lowest BCUT2D eigenvalue weighted by atomic mass is 10.1. The van der Waals surface area contributed by atoms with Crippen LogP contribution in [0.2, 0.25) is 0 Å². The van der Waals surface area contributed by atoms with Crippen LogP contribution in [0, 0.1) is 0 Å². The Morgan fingerprint density at radius 2 is 1.48 bits per heavy atom. The van der Waals surface area contributed by atoms with Crippen molar-refractivity contribution in [2.24, 2.45) is 0 Å². The van der Waals surface area contributed by atoms with E-state index >= 15 is 0 Å². The summed E-state index contributed by atoms with van der Waals surface area (Å²) in [5, 5.41) is 13.9. The molecule has 6 rings (SSSR count). The van der Waals surface area contributed by atoms with Crippen molar-refractivity contribution in [2.45, 2.75) is 0 Å². The molecular weight excluding hydrogens is 377 g/mol. The Bertz CT molecular complexity index is 1530. The SMILES string of the molecule is O[B]Oc1ccc2c(c1)c1ccccc1n2-c1cccc2c1sc1ccccc12. The van der Waals surface area contributed by atoms with E-state index in [1.54, 1.807) is 0 Å². The zero-order valence-corrected chi connectivity index (χ0v) is 16.2. The molecule has 0 bridgehead atoms. The summed E-state index contributed by atoms with van der Waals surface area (Å²) >= 11 is 1.83. The maximum absolute atomic E-state index is 9.02. The molecule has 29 heavy (non-hydrogen) atoms. The van der Waals surface area contributed by atoms with Gasteiger partial charge in [-0.1, -0.05) is 48.5 Å². The smallest absolute Gasteiger partial charge is 0.537 e. The third-order valence-corrected chi connectivity index (χ3v) is 6.67. The zero-order chi connectivity index (χ0) is 19.4. The minimum atomic E-state index is 0.614. The van der Waals surface area contributed by atoms with Gasteiger partial charge in [0.15, 0.2) is 0 Å². The molecule has 4 aromatic carbocycles. The highest BCUT2D eigenvalue weighted by atomic mass is 32.1. The molecule has 0 saturated heterocycles. The summed E-state index contributed by atoms with van der Waals surface area (Å²) in [6.07, 6.45) is 0. The summed E-state index contributed by atoms with van der Waals surface area (Å²) in [6.45, 7) is 0. The van der Waals surface area contributed by atoms with Crippen LogP contribution in [0.1, 0.15) is 0 Å². The number of aromatic nitrogens is 1. The van der Waals surface area contributed by atoms with Gasteiger partial charge in [0.2, 0.25) is 0 Å². The van der Waals surface area contributed by atoms with E-state index in [9.17, 15) is 0 Å². The van der Waals surface area contributed by atoms with Crippen LogP contribution in [0.3, 0.4) is 0 Å². The fraction of sp³-hybridized carbons (Fsp3) is 0. The van der Waals surface area contributed by atoms with Crippen LogP contribution < -0.4 is 4.65 Å². The maximum Gasteiger partial charge on any atom is 0.569 e. The molecular formula is C24H15BNO2S. The van der Waals surface area contributed by atoms with Crippen molar-refractivity contribution in [2.75, 3.05) is 0 Å². The Balaban J connectivity index is 1.75. The summed E-state index contributed by atoms with van der Waals surface area (Å²) in [4.78, 5) is 0. The molecule has 0 aliphatic rings. The fourth-order valence-electron chi connectivity index (χ4n) is 4.25. The topological polar surface area (TPSA) is 34.4 Å². The second-order valence-corrected chi connectivity index (χ2v) is 8.06. The monoisotopic (exact) mass is 392 g/mol. The number of hydrogen-bond donors (Lipinski definition) is 1. The molecule has 0 aliphatic heterocycles. The quantitative estimate of drug-likeness (QED) is 0.372. The minimum Gasteiger partial charge on any atom is -0.537 e. The van der Waals surface area contributed by atoms with Gasteiger partial charge >= 0.3 is 7.69 Å². The number of rotatable bonds is 3. The normalized spacial score (nSPS) is 11.6. The molecule has 0 saturated carbocycles. The highest BCUT2D eigenvalue weighted by Gasteiger charge is 2.16. The van der Waals surface area contributed by atoms with E-state index in [4.69, 9.17) is 9.68 Å². The van der Waals surface area contributed by atoms with Gasteiger partial charge in [-0.2, -0.15) is 0 Å². The number of benzene rings is 4. The molecule has 2 heterocycles. The van der Waals surface area contributed by atoms with E-state index in [0.29, 0.717) is 5.75 Å². The van der Waals surface area contributed by atoms with Crippen LogP contribution in [-0.2, 0) is 0 Å². The van der Waals surface area contributed by atoms with Crippen LogP contribution >= 0.6 is 11.3 Å². The summed E-state index contributed by atoms with van der Waals surface area (Å²) < 4.78 is 10.1. The van der Waals surface area contributed by atoms with Crippen LogP contribution in [0.25, 0.3) is 47.7 Å². The first-order valence-electron chi connectivity index (χ1n) is 9.41. The Kier molecular flexibility index (Phi) is 3.66. The first-order chi connectivity index (χ1) is 14.3. The Labute approximate surface area is 171 Å². The lowest BCUT2D eigenvalue weighted by Gasteiger charge is -2.09. The minimum absolute atomic E-state index is 0.614. The predicted molar refractivity (Wildman–Crippen MR) is 122 cm³/mol. The molecule has 1 radical (unpaired) electrons. The average molecular weight is 392 g/mol. The molecule has 0 spiro atoms. The maximum atomic E-state index is 9.02. The molecule has 0 unspecified atom stereocenters. The van der Waals surface area contributed by atoms with E-state index in [0.717, 1.165) is 29.5 Å². The van der Waals surface area contributed by atoms with Crippen molar-refractivity contribution >= 4 is 61.0 Å². The largest absolute Gasteiger partial charge is 0.569 e. The second-order valence-electron chi connectivity index (χ2n) is 7.01. The Morgan fingerprint density at radius 3 is 2.38 bits per heavy atom. The van der Waals surface area contributed by atoms with E-state index in [-0.39, 0.29) is 0 Å². The van der Waals surface area contributed by atoms with Crippen molar-refractivity contribution in [3.8, 4) is 11.4 Å². The summed E-state index contributed by atoms with van der Waals surface area (Å²) in [5.74, 6) is 0.614. The van der Waals surface area contributed by atoms with Gasteiger partial charge in [0, 0.05) is 26.2 Å². The molecule has 1 N–H and O–H groups in total. The van der Waals surface area contributed by atoms with Gasteiger partial charge in [0.05, 0.1) is 21.4 Å². The van der Waals surface area contributed by atoms with Crippen molar-refractivity contribution in [1.29, 1.82) is 0 Å². The molecule has 137 valence electrons. The first-order valence-corrected chi connectivity index (χ1v) is 10.2. The van der Waals surface area contributed by atoms with Gasteiger partial charge in [0.1, 0.15) is 5.75 Å². The number of para-hydroxylation sites is 1. The van der Waals surface area contributed by atoms with Crippen molar-refractivity contribution < 1.29 is 9.68 Å². The predicted octanol–water partition coefficient (Wildman–Crippen LogP) is 6.06. The number of fused-ring (bicyclic) bond motifs is 6. The lowest BCUT2D eigenvalue weighted by molar-refractivity contribution is 0.454. The van der Waals surface area contributed by atoms with Crippen molar-refractivity contribution in [1.82, 2.24) is 4.57 Å². The number of hydrogen-bond acceptors (Lipinski definition) is 3. The van der Waals surface area contributed by atoms with Crippen LogP contribution in [0.5, 0.6) is 5.75 Å². The zero-order valence-electron chi connectivity index (χ0n) is 15.4. The van der Waals surface area contributed by atoms with E-state index in [2.05, 4.69) is 77.4 Å². The van der Waals surface area contributed by atoms with Gasteiger partial charge in [-0.15, -0.1) is 11.3 Å². The van der Waals surface area contributed by atoms with E-state index < -0.39 is 0 Å². The number of nitrogens with zero attached hydrogens (tertiary/aromatic N) is 1. The standard InChI is InChI=1S/C24H15BNO2S/c27-25-28-15-12-13-21-19(14-15)16-6-1-3-9-20(16)26(21)22-10-5-8-18-17-7-2-4-11-23(17)29-24(18)22/h1-14,27H. The molecule has 6 aromatic rings. The van der Waals surface area contributed by atoms with Gasteiger partial charge < -0.3 is 14.2 Å². The van der Waals surface area contributed by atoms with E-state index in [1.807, 2.05) is 23.5 Å². The molecule has 0 fully saturated rings. The summed E-state index contributed by atoms with van der Waals surface area (Å²) in [7, 11) is 0.721. The third kappa shape index (κ3) is 2.41. The van der Waals surface area contributed by atoms with Crippen molar-refractivity contribution in [3.63, 3.8) is 0 Å². The molecule has 5 heteroatoms. The molecule has 3 nitrogen and oxygen atoms in total. The van der Waals surface area contributed by atoms with E-state index in [1.165, 1.54) is 25.9 Å². The van der Waals surface area contributed by atoms with Crippen LogP contribution in [0.15, 0.2) is 84.9 Å². The molecule has 0 amide bonds. The average Bonchev–Trinajstić information content (AvgIpc) is 3.30. The van der Waals surface area contributed by atoms with Crippen LogP contribution in [-0.4, -0.2) is 17.3 Å².